The molecule has 1 aromatic heterocycles. The second-order valence-corrected chi connectivity index (χ2v) is 9.42. The van der Waals surface area contributed by atoms with E-state index >= 15 is 0 Å². The number of nitrogens with one attached hydrogen (secondary N) is 1. The van der Waals surface area contributed by atoms with Crippen molar-refractivity contribution in [3.05, 3.63) is 34.5 Å². The molecule has 0 radical (unpaired) electrons. The number of Topliss-reactive ketones (excluding diaryl/α,β-unsaturated/α-hetero) is 1. The van der Waals surface area contributed by atoms with Gasteiger partial charge in [0.05, 0.1) is 22.5 Å². The maximum atomic E-state index is 13.1. The molecular formula is C25H36N2O. The van der Waals surface area contributed by atoms with E-state index in [2.05, 4.69) is 52.1 Å². The maximum Gasteiger partial charge on any atom is 0.167 e. The number of carbonyl (C=O) groups is 1. The highest BCUT2D eigenvalue weighted by Gasteiger charge is 2.34. The first-order valence-electron chi connectivity index (χ1n) is 11.0. The molecule has 1 aliphatic carbocycles. The van der Waals surface area contributed by atoms with E-state index in [0.717, 1.165) is 47.2 Å². The van der Waals surface area contributed by atoms with Crippen LogP contribution in [0.5, 0.6) is 0 Å². The van der Waals surface area contributed by atoms with E-state index in [1.54, 1.807) is 0 Å². The first-order valence-corrected chi connectivity index (χ1v) is 11.0. The van der Waals surface area contributed by atoms with Gasteiger partial charge in [-0.05, 0) is 43.7 Å². The van der Waals surface area contributed by atoms with Crippen LogP contribution in [0.25, 0.3) is 10.9 Å². The lowest BCUT2D eigenvalue weighted by molar-refractivity contribution is 0.0911. The largest absolute Gasteiger partial charge is 0.384 e. The summed E-state index contributed by atoms with van der Waals surface area (Å²) in [5.41, 5.74) is 6.30. The van der Waals surface area contributed by atoms with Crippen molar-refractivity contribution in [3.63, 3.8) is 0 Å². The minimum Gasteiger partial charge on any atom is -0.384 e. The van der Waals surface area contributed by atoms with Gasteiger partial charge in [-0.1, -0.05) is 64.5 Å². The predicted molar refractivity (Wildman–Crippen MR) is 120 cm³/mol. The summed E-state index contributed by atoms with van der Waals surface area (Å²) in [4.78, 5) is 18.0. The van der Waals surface area contributed by atoms with Gasteiger partial charge < -0.3 is 5.32 Å². The summed E-state index contributed by atoms with van der Waals surface area (Å²) < 4.78 is 0. The zero-order valence-corrected chi connectivity index (χ0v) is 18.4. The third kappa shape index (κ3) is 4.56. The highest BCUT2D eigenvalue weighted by Crippen LogP contribution is 2.40. The fourth-order valence-corrected chi connectivity index (χ4v) is 4.54. The number of aromatic nitrogens is 1. The maximum absolute atomic E-state index is 13.1. The zero-order valence-electron chi connectivity index (χ0n) is 18.4. The summed E-state index contributed by atoms with van der Waals surface area (Å²) in [6.45, 7) is 11.8. The predicted octanol–water partition coefficient (Wildman–Crippen LogP) is 6.78. The van der Waals surface area contributed by atoms with Gasteiger partial charge in [-0.2, -0.15) is 0 Å². The molecule has 3 nitrogen and oxygen atoms in total. The van der Waals surface area contributed by atoms with Gasteiger partial charge in [0.15, 0.2) is 5.78 Å². The Bertz CT molecular complexity index is 867. The molecule has 0 fully saturated rings. The molecule has 152 valence electrons. The van der Waals surface area contributed by atoms with Crippen LogP contribution < -0.4 is 5.32 Å². The summed E-state index contributed by atoms with van der Waals surface area (Å²) in [7, 11) is 0. The number of rotatable bonds is 8. The molecule has 1 aliphatic rings. The SMILES string of the molecule is CCCCCCCCNc1c2c(nc3c(C)cc(C)cc13)CC(C)(C)CC2=O. The fourth-order valence-electron chi connectivity index (χ4n) is 4.54. The number of benzene rings is 1. The van der Waals surface area contributed by atoms with Crippen LogP contribution in [0.3, 0.4) is 0 Å². The van der Waals surface area contributed by atoms with E-state index in [0.29, 0.717) is 6.42 Å². The molecule has 0 saturated carbocycles. The molecule has 28 heavy (non-hydrogen) atoms. The average Bonchev–Trinajstić information content (AvgIpc) is 2.60. The van der Waals surface area contributed by atoms with Crippen LogP contribution in [0, 0.1) is 19.3 Å². The minimum atomic E-state index is -0.0140. The molecular weight excluding hydrogens is 344 g/mol. The molecule has 0 aliphatic heterocycles. The Morgan fingerprint density at radius 3 is 2.50 bits per heavy atom. The van der Waals surface area contributed by atoms with Gasteiger partial charge in [-0.15, -0.1) is 0 Å². The normalized spacial score (nSPS) is 15.7. The van der Waals surface area contributed by atoms with Crippen LogP contribution in [-0.2, 0) is 6.42 Å². The summed E-state index contributed by atoms with van der Waals surface area (Å²) in [5, 5.41) is 4.76. The van der Waals surface area contributed by atoms with Gasteiger partial charge in [-0.25, -0.2) is 0 Å². The van der Waals surface area contributed by atoms with E-state index in [9.17, 15) is 4.79 Å². The quantitative estimate of drug-likeness (QED) is 0.513. The zero-order chi connectivity index (χ0) is 20.3. The van der Waals surface area contributed by atoms with E-state index in [-0.39, 0.29) is 11.2 Å². The van der Waals surface area contributed by atoms with Crippen LogP contribution in [0.2, 0.25) is 0 Å². The number of unbranched alkanes of at least 4 members (excludes halogenated alkanes) is 5. The van der Waals surface area contributed by atoms with Crippen LogP contribution in [0.15, 0.2) is 12.1 Å². The van der Waals surface area contributed by atoms with Crippen molar-refractivity contribution >= 4 is 22.4 Å². The molecule has 0 unspecified atom stereocenters. The van der Waals surface area contributed by atoms with E-state index in [4.69, 9.17) is 4.98 Å². The Morgan fingerprint density at radius 2 is 1.75 bits per heavy atom. The molecule has 2 aromatic rings. The second kappa shape index (κ2) is 8.63. The Hall–Kier alpha value is -1.90. The Morgan fingerprint density at radius 1 is 1.04 bits per heavy atom. The molecule has 0 amide bonds. The van der Waals surface area contributed by atoms with Crippen molar-refractivity contribution in [2.75, 3.05) is 11.9 Å². The number of ketones is 1. The van der Waals surface area contributed by atoms with Gasteiger partial charge in [0, 0.05) is 18.4 Å². The average molecular weight is 381 g/mol. The number of hydrogen-bond acceptors (Lipinski definition) is 3. The molecule has 0 saturated heterocycles. The van der Waals surface area contributed by atoms with Crippen molar-refractivity contribution in [2.45, 2.75) is 86.0 Å². The van der Waals surface area contributed by atoms with Gasteiger partial charge in [0.25, 0.3) is 0 Å². The highest BCUT2D eigenvalue weighted by atomic mass is 16.1. The van der Waals surface area contributed by atoms with Crippen LogP contribution in [-0.4, -0.2) is 17.3 Å². The van der Waals surface area contributed by atoms with Crippen molar-refractivity contribution in [1.29, 1.82) is 0 Å². The van der Waals surface area contributed by atoms with E-state index in [1.165, 1.54) is 43.2 Å². The lowest BCUT2D eigenvalue weighted by atomic mass is 9.75. The summed E-state index contributed by atoms with van der Waals surface area (Å²) in [6, 6.07) is 4.38. The van der Waals surface area contributed by atoms with Gasteiger partial charge in [0.2, 0.25) is 0 Å². The van der Waals surface area contributed by atoms with Crippen molar-refractivity contribution in [3.8, 4) is 0 Å². The molecule has 0 atom stereocenters. The Balaban J connectivity index is 1.92. The number of anilines is 1. The monoisotopic (exact) mass is 380 g/mol. The molecule has 3 rings (SSSR count). The van der Waals surface area contributed by atoms with Gasteiger partial charge in [0.1, 0.15) is 0 Å². The van der Waals surface area contributed by atoms with Crippen LogP contribution >= 0.6 is 0 Å². The number of aryl methyl sites for hydroxylation is 2. The first-order chi connectivity index (χ1) is 13.3. The van der Waals surface area contributed by atoms with E-state index < -0.39 is 0 Å². The highest BCUT2D eigenvalue weighted by molar-refractivity contribution is 6.10. The molecule has 1 N–H and O–H groups in total. The number of nitrogens with zero attached hydrogens (tertiary/aromatic N) is 1. The first kappa shape index (κ1) is 20.8. The van der Waals surface area contributed by atoms with Gasteiger partial charge >= 0.3 is 0 Å². The number of carbonyl (C=O) groups excluding carboxylic acids is 1. The Labute approximate surface area is 170 Å². The van der Waals surface area contributed by atoms with Gasteiger partial charge in [-0.3, -0.25) is 9.78 Å². The number of pyridine rings is 1. The van der Waals surface area contributed by atoms with Crippen LogP contribution in [0.1, 0.15) is 92.9 Å². The minimum absolute atomic E-state index is 0.0140. The van der Waals surface area contributed by atoms with Crippen molar-refractivity contribution in [1.82, 2.24) is 4.98 Å². The molecule has 1 aromatic carbocycles. The fraction of sp³-hybridized carbons (Fsp3) is 0.600. The molecule has 1 heterocycles. The summed E-state index contributed by atoms with van der Waals surface area (Å²) in [6.07, 6.45) is 9.10. The lowest BCUT2D eigenvalue weighted by Crippen LogP contribution is -2.29. The lowest BCUT2D eigenvalue weighted by Gasteiger charge is -2.31. The number of hydrogen-bond donors (Lipinski definition) is 1. The third-order valence-corrected chi connectivity index (χ3v) is 5.90. The van der Waals surface area contributed by atoms with E-state index in [1.807, 2.05) is 0 Å². The summed E-state index contributed by atoms with van der Waals surface area (Å²) in [5.74, 6) is 0.241. The second-order valence-electron chi connectivity index (χ2n) is 9.42. The molecule has 3 heteroatoms. The topological polar surface area (TPSA) is 42.0 Å². The number of fused-ring (bicyclic) bond motifs is 2. The smallest absolute Gasteiger partial charge is 0.167 e. The van der Waals surface area contributed by atoms with Crippen molar-refractivity contribution in [2.24, 2.45) is 5.41 Å². The standard InChI is InChI=1S/C25H36N2O/c1-6-7-8-9-10-11-12-26-24-19-14-17(2)13-18(3)23(19)27-20-15-25(4,5)16-21(28)22(20)24/h13-14H,6-12,15-16H2,1-5H3,(H,26,27). The van der Waals surface area contributed by atoms with Crippen molar-refractivity contribution < 1.29 is 4.79 Å². The summed E-state index contributed by atoms with van der Waals surface area (Å²) >= 11 is 0. The molecule has 0 bridgehead atoms. The molecule has 0 spiro atoms. The van der Waals surface area contributed by atoms with Crippen LogP contribution in [0.4, 0.5) is 5.69 Å². The third-order valence-electron chi connectivity index (χ3n) is 5.90. The Kier molecular flexibility index (Phi) is 6.42.